The Kier molecular flexibility index (Phi) is 6.36. The van der Waals surface area contributed by atoms with Gasteiger partial charge in [0, 0.05) is 18.8 Å². The molecule has 5 heteroatoms. The zero-order chi connectivity index (χ0) is 15.6. The SMILES string of the molecule is CCOC(=O)CCCCc1ccc(Oc2ncccn2)cc1. The Morgan fingerprint density at radius 2 is 1.82 bits per heavy atom. The Bertz CT molecular complexity index is 570. The van der Waals surface area contributed by atoms with Gasteiger partial charge in [-0.1, -0.05) is 12.1 Å². The van der Waals surface area contributed by atoms with Crippen LogP contribution in [0.3, 0.4) is 0 Å². The summed E-state index contributed by atoms with van der Waals surface area (Å²) in [5, 5.41) is 0. The summed E-state index contributed by atoms with van der Waals surface area (Å²) in [5.74, 6) is 0.593. The highest BCUT2D eigenvalue weighted by Gasteiger charge is 2.02. The monoisotopic (exact) mass is 300 g/mol. The number of aryl methyl sites for hydroxylation is 1. The quantitative estimate of drug-likeness (QED) is 0.551. The van der Waals surface area contributed by atoms with Crippen molar-refractivity contribution in [2.45, 2.75) is 32.6 Å². The molecule has 0 radical (unpaired) electrons. The zero-order valence-corrected chi connectivity index (χ0v) is 12.7. The maximum Gasteiger partial charge on any atom is 0.321 e. The first-order valence-electron chi connectivity index (χ1n) is 7.47. The van der Waals surface area contributed by atoms with Crippen LogP contribution in [0, 0.1) is 0 Å². The predicted octanol–water partition coefficient (Wildman–Crippen LogP) is 3.54. The molecule has 0 unspecified atom stereocenters. The number of aromatic nitrogens is 2. The molecule has 2 rings (SSSR count). The second-order valence-electron chi connectivity index (χ2n) is 4.79. The van der Waals surface area contributed by atoms with Crippen LogP contribution < -0.4 is 4.74 Å². The van der Waals surface area contributed by atoms with Gasteiger partial charge in [-0.25, -0.2) is 9.97 Å². The summed E-state index contributed by atoms with van der Waals surface area (Å²) in [4.78, 5) is 19.2. The summed E-state index contributed by atoms with van der Waals surface area (Å²) < 4.78 is 10.4. The number of esters is 1. The number of benzene rings is 1. The zero-order valence-electron chi connectivity index (χ0n) is 12.7. The van der Waals surface area contributed by atoms with Gasteiger partial charge < -0.3 is 9.47 Å². The van der Waals surface area contributed by atoms with Crippen molar-refractivity contribution in [1.29, 1.82) is 0 Å². The number of ether oxygens (including phenoxy) is 2. The highest BCUT2D eigenvalue weighted by atomic mass is 16.5. The van der Waals surface area contributed by atoms with Crippen LogP contribution in [0.25, 0.3) is 0 Å². The van der Waals surface area contributed by atoms with Crippen molar-refractivity contribution in [3.05, 3.63) is 48.3 Å². The van der Waals surface area contributed by atoms with E-state index >= 15 is 0 Å². The van der Waals surface area contributed by atoms with E-state index in [0.29, 0.717) is 24.8 Å². The van der Waals surface area contributed by atoms with Crippen molar-refractivity contribution < 1.29 is 14.3 Å². The first kappa shape index (κ1) is 15.9. The Labute approximate surface area is 130 Å². The summed E-state index contributed by atoms with van der Waals surface area (Å²) >= 11 is 0. The average molecular weight is 300 g/mol. The molecule has 0 bridgehead atoms. The van der Waals surface area contributed by atoms with Gasteiger partial charge in [0.05, 0.1) is 6.61 Å². The molecule has 1 aromatic carbocycles. The van der Waals surface area contributed by atoms with Gasteiger partial charge in [0.15, 0.2) is 0 Å². The third kappa shape index (κ3) is 5.52. The van der Waals surface area contributed by atoms with Crippen LogP contribution >= 0.6 is 0 Å². The lowest BCUT2D eigenvalue weighted by Gasteiger charge is -2.05. The fourth-order valence-corrected chi connectivity index (χ4v) is 2.00. The van der Waals surface area contributed by atoms with E-state index in [9.17, 15) is 4.79 Å². The fraction of sp³-hybridized carbons (Fsp3) is 0.353. The molecule has 2 aromatic rings. The molecular weight excluding hydrogens is 280 g/mol. The third-order valence-electron chi connectivity index (χ3n) is 3.08. The van der Waals surface area contributed by atoms with Crippen LogP contribution in [-0.2, 0) is 16.0 Å². The van der Waals surface area contributed by atoms with Crippen molar-refractivity contribution >= 4 is 5.97 Å². The topological polar surface area (TPSA) is 61.3 Å². The number of hydrogen-bond acceptors (Lipinski definition) is 5. The molecule has 1 aromatic heterocycles. The van der Waals surface area contributed by atoms with Gasteiger partial charge in [-0.05, 0) is 49.9 Å². The number of nitrogens with zero attached hydrogens (tertiary/aromatic N) is 2. The Morgan fingerprint density at radius 1 is 1.09 bits per heavy atom. The lowest BCUT2D eigenvalue weighted by atomic mass is 10.1. The fourth-order valence-electron chi connectivity index (χ4n) is 2.00. The predicted molar refractivity (Wildman–Crippen MR) is 82.7 cm³/mol. The molecule has 116 valence electrons. The van der Waals surface area contributed by atoms with E-state index in [1.165, 1.54) is 5.56 Å². The second-order valence-corrected chi connectivity index (χ2v) is 4.79. The van der Waals surface area contributed by atoms with Crippen molar-refractivity contribution in [1.82, 2.24) is 9.97 Å². The molecule has 0 saturated heterocycles. The van der Waals surface area contributed by atoms with E-state index in [2.05, 4.69) is 9.97 Å². The Balaban J connectivity index is 1.74. The standard InChI is InChI=1S/C17H20N2O3/c1-2-21-16(20)7-4-3-6-14-8-10-15(11-9-14)22-17-18-12-5-13-19-17/h5,8-13H,2-4,6-7H2,1H3. The highest BCUT2D eigenvalue weighted by Crippen LogP contribution is 2.18. The highest BCUT2D eigenvalue weighted by molar-refractivity contribution is 5.69. The molecule has 0 aliphatic rings. The van der Waals surface area contributed by atoms with Gasteiger partial charge in [0.2, 0.25) is 0 Å². The molecule has 0 aliphatic heterocycles. The number of rotatable bonds is 8. The normalized spacial score (nSPS) is 10.2. The van der Waals surface area contributed by atoms with Crippen LogP contribution in [0.15, 0.2) is 42.7 Å². The first-order chi connectivity index (χ1) is 10.8. The van der Waals surface area contributed by atoms with Gasteiger partial charge in [-0.3, -0.25) is 4.79 Å². The molecule has 0 atom stereocenters. The van der Waals surface area contributed by atoms with Crippen molar-refractivity contribution in [3.8, 4) is 11.8 Å². The lowest BCUT2D eigenvalue weighted by Crippen LogP contribution is -2.03. The molecule has 0 saturated carbocycles. The summed E-state index contributed by atoms with van der Waals surface area (Å²) in [5.41, 5.74) is 1.21. The van der Waals surface area contributed by atoms with E-state index in [1.54, 1.807) is 18.5 Å². The van der Waals surface area contributed by atoms with Gasteiger partial charge in [-0.15, -0.1) is 0 Å². The molecule has 1 heterocycles. The molecule has 5 nitrogen and oxygen atoms in total. The number of unbranched alkanes of at least 4 members (excludes halogenated alkanes) is 1. The number of hydrogen-bond donors (Lipinski definition) is 0. The average Bonchev–Trinajstić information content (AvgIpc) is 2.54. The van der Waals surface area contributed by atoms with E-state index in [0.717, 1.165) is 19.3 Å². The molecule has 0 aliphatic carbocycles. The smallest absolute Gasteiger partial charge is 0.321 e. The summed E-state index contributed by atoms with van der Waals surface area (Å²) in [7, 11) is 0. The van der Waals surface area contributed by atoms with Crippen LogP contribution in [0.2, 0.25) is 0 Å². The summed E-state index contributed by atoms with van der Waals surface area (Å²) in [6.45, 7) is 2.27. The minimum absolute atomic E-state index is 0.117. The Morgan fingerprint density at radius 3 is 2.50 bits per heavy atom. The van der Waals surface area contributed by atoms with Crippen molar-refractivity contribution in [3.63, 3.8) is 0 Å². The summed E-state index contributed by atoms with van der Waals surface area (Å²) in [6, 6.07) is 9.91. The largest absolute Gasteiger partial charge is 0.466 e. The van der Waals surface area contributed by atoms with Gasteiger partial charge in [0.25, 0.3) is 0 Å². The van der Waals surface area contributed by atoms with Gasteiger partial charge in [-0.2, -0.15) is 0 Å². The first-order valence-corrected chi connectivity index (χ1v) is 7.47. The number of carbonyl (C=O) groups is 1. The third-order valence-corrected chi connectivity index (χ3v) is 3.08. The minimum atomic E-state index is -0.117. The van der Waals surface area contributed by atoms with E-state index in [1.807, 2.05) is 31.2 Å². The summed E-state index contributed by atoms with van der Waals surface area (Å²) in [6.07, 6.45) is 6.50. The maximum atomic E-state index is 11.2. The molecule has 0 fully saturated rings. The van der Waals surface area contributed by atoms with Crippen LogP contribution in [0.5, 0.6) is 11.8 Å². The van der Waals surface area contributed by atoms with Crippen LogP contribution in [0.1, 0.15) is 31.7 Å². The van der Waals surface area contributed by atoms with Gasteiger partial charge in [0.1, 0.15) is 5.75 Å². The van der Waals surface area contributed by atoms with Crippen molar-refractivity contribution in [2.24, 2.45) is 0 Å². The molecule has 22 heavy (non-hydrogen) atoms. The molecule has 0 amide bonds. The molecular formula is C17H20N2O3. The van der Waals surface area contributed by atoms with Crippen LogP contribution in [-0.4, -0.2) is 22.5 Å². The van der Waals surface area contributed by atoms with E-state index < -0.39 is 0 Å². The maximum absolute atomic E-state index is 11.2. The molecule has 0 spiro atoms. The van der Waals surface area contributed by atoms with Gasteiger partial charge >= 0.3 is 12.0 Å². The van der Waals surface area contributed by atoms with E-state index in [-0.39, 0.29) is 5.97 Å². The number of carbonyl (C=O) groups excluding carboxylic acids is 1. The lowest BCUT2D eigenvalue weighted by molar-refractivity contribution is -0.143. The van der Waals surface area contributed by atoms with E-state index in [4.69, 9.17) is 9.47 Å². The van der Waals surface area contributed by atoms with Crippen LogP contribution in [0.4, 0.5) is 0 Å². The van der Waals surface area contributed by atoms with Crippen molar-refractivity contribution in [2.75, 3.05) is 6.61 Å². The Hall–Kier alpha value is -2.43. The second kappa shape index (κ2) is 8.77. The molecule has 0 N–H and O–H groups in total. The minimum Gasteiger partial charge on any atom is -0.466 e.